The zero-order chi connectivity index (χ0) is 13.5. The number of aliphatic hydroxyl groups excluding tert-OH is 1. The van der Waals surface area contributed by atoms with Crippen LogP contribution in [0.3, 0.4) is 0 Å². The van der Waals surface area contributed by atoms with Gasteiger partial charge in [-0.15, -0.1) is 0 Å². The van der Waals surface area contributed by atoms with Gasteiger partial charge in [0.05, 0.1) is 25.0 Å². The predicted octanol–water partition coefficient (Wildman–Crippen LogP) is -0.755. The van der Waals surface area contributed by atoms with Gasteiger partial charge < -0.3 is 15.2 Å². The van der Waals surface area contributed by atoms with Crippen molar-refractivity contribution in [3.05, 3.63) is 18.0 Å². The Morgan fingerprint density at radius 3 is 2.95 bits per heavy atom. The highest BCUT2D eigenvalue weighted by Gasteiger charge is 2.14. The maximum Gasteiger partial charge on any atom is 0.0791 e. The number of aryl methyl sites for hydroxylation is 1. The third-order valence-corrected chi connectivity index (χ3v) is 3.28. The average Bonchev–Trinajstić information content (AvgIpc) is 2.82. The average molecular weight is 268 g/mol. The molecule has 1 aliphatic heterocycles. The van der Waals surface area contributed by atoms with Gasteiger partial charge in [0.1, 0.15) is 0 Å². The number of aliphatic hydroxyl groups is 1. The van der Waals surface area contributed by atoms with Crippen molar-refractivity contribution >= 4 is 0 Å². The van der Waals surface area contributed by atoms with E-state index in [1.54, 1.807) is 0 Å². The van der Waals surface area contributed by atoms with Crippen LogP contribution in [0.15, 0.2) is 12.3 Å². The number of ether oxygens (including phenoxy) is 1. The Balaban J connectivity index is 1.54. The van der Waals surface area contributed by atoms with Crippen LogP contribution in [0.5, 0.6) is 0 Å². The monoisotopic (exact) mass is 268 g/mol. The number of hydrogen-bond acceptors (Lipinski definition) is 5. The molecule has 2 heterocycles. The van der Waals surface area contributed by atoms with E-state index >= 15 is 0 Å². The van der Waals surface area contributed by atoms with E-state index in [0.29, 0.717) is 6.54 Å². The maximum atomic E-state index is 9.94. The molecule has 19 heavy (non-hydrogen) atoms. The predicted molar refractivity (Wildman–Crippen MR) is 73.0 cm³/mol. The van der Waals surface area contributed by atoms with Crippen LogP contribution in [-0.4, -0.2) is 71.8 Å². The third kappa shape index (κ3) is 5.28. The van der Waals surface area contributed by atoms with Gasteiger partial charge in [-0.05, 0) is 6.07 Å². The summed E-state index contributed by atoms with van der Waals surface area (Å²) in [7, 11) is 1.92. The van der Waals surface area contributed by atoms with E-state index in [1.807, 2.05) is 24.0 Å². The molecule has 0 bridgehead atoms. The van der Waals surface area contributed by atoms with Crippen molar-refractivity contribution in [2.24, 2.45) is 7.05 Å². The summed E-state index contributed by atoms with van der Waals surface area (Å²) in [5.41, 5.74) is 1.08. The highest BCUT2D eigenvalue weighted by molar-refractivity contribution is 4.98. The molecule has 0 amide bonds. The van der Waals surface area contributed by atoms with Crippen molar-refractivity contribution in [1.82, 2.24) is 20.0 Å². The van der Waals surface area contributed by atoms with Crippen molar-refractivity contribution in [3.8, 4) is 0 Å². The van der Waals surface area contributed by atoms with Gasteiger partial charge in [0, 0.05) is 52.4 Å². The van der Waals surface area contributed by atoms with E-state index in [2.05, 4.69) is 15.3 Å². The van der Waals surface area contributed by atoms with Gasteiger partial charge in [-0.2, -0.15) is 5.10 Å². The van der Waals surface area contributed by atoms with E-state index in [-0.39, 0.29) is 6.10 Å². The van der Waals surface area contributed by atoms with Crippen molar-refractivity contribution in [1.29, 1.82) is 0 Å². The van der Waals surface area contributed by atoms with Gasteiger partial charge in [-0.25, -0.2) is 0 Å². The lowest BCUT2D eigenvalue weighted by atomic mass is 10.2. The van der Waals surface area contributed by atoms with Crippen molar-refractivity contribution in [2.45, 2.75) is 12.5 Å². The largest absolute Gasteiger partial charge is 0.390 e. The highest BCUT2D eigenvalue weighted by Crippen LogP contribution is 1.98. The minimum Gasteiger partial charge on any atom is -0.390 e. The van der Waals surface area contributed by atoms with Gasteiger partial charge >= 0.3 is 0 Å². The molecule has 1 aromatic heterocycles. The first-order valence-electron chi connectivity index (χ1n) is 6.91. The molecule has 1 unspecified atom stereocenters. The summed E-state index contributed by atoms with van der Waals surface area (Å²) < 4.78 is 7.09. The van der Waals surface area contributed by atoms with Crippen LogP contribution in [0.2, 0.25) is 0 Å². The van der Waals surface area contributed by atoms with E-state index in [4.69, 9.17) is 4.74 Å². The Labute approximate surface area is 114 Å². The molecular formula is C13H24N4O2. The van der Waals surface area contributed by atoms with Crippen molar-refractivity contribution < 1.29 is 9.84 Å². The highest BCUT2D eigenvalue weighted by atomic mass is 16.5. The molecule has 1 aromatic rings. The van der Waals surface area contributed by atoms with Crippen LogP contribution >= 0.6 is 0 Å². The molecule has 1 atom stereocenters. The molecule has 0 spiro atoms. The Morgan fingerprint density at radius 2 is 2.26 bits per heavy atom. The fourth-order valence-electron chi connectivity index (χ4n) is 2.23. The van der Waals surface area contributed by atoms with Gasteiger partial charge in [-0.1, -0.05) is 0 Å². The molecule has 0 radical (unpaired) electrons. The van der Waals surface area contributed by atoms with Crippen molar-refractivity contribution in [3.63, 3.8) is 0 Å². The molecule has 2 N–H and O–H groups in total. The van der Waals surface area contributed by atoms with Crippen LogP contribution < -0.4 is 5.32 Å². The topological polar surface area (TPSA) is 62.5 Å². The summed E-state index contributed by atoms with van der Waals surface area (Å²) in [6.45, 7) is 5.59. The molecule has 108 valence electrons. The lowest BCUT2D eigenvalue weighted by Gasteiger charge is -2.28. The zero-order valence-corrected chi connectivity index (χ0v) is 11.6. The summed E-state index contributed by atoms with van der Waals surface area (Å²) in [4.78, 5) is 2.24. The number of aromatic nitrogens is 2. The molecule has 6 nitrogen and oxygen atoms in total. The second-order valence-corrected chi connectivity index (χ2v) is 5.00. The number of nitrogens with zero attached hydrogens (tertiary/aromatic N) is 3. The van der Waals surface area contributed by atoms with Crippen LogP contribution in [0.1, 0.15) is 5.69 Å². The first-order chi connectivity index (χ1) is 9.24. The van der Waals surface area contributed by atoms with Crippen LogP contribution in [0.25, 0.3) is 0 Å². The number of morpholine rings is 1. The molecule has 1 aliphatic rings. The van der Waals surface area contributed by atoms with Crippen LogP contribution in [0.4, 0.5) is 0 Å². The van der Waals surface area contributed by atoms with E-state index in [0.717, 1.165) is 51.5 Å². The standard InChI is InChI=1S/C13H24N4O2/c1-16-5-3-12(15-16)2-4-14-10-13(18)11-17-6-8-19-9-7-17/h3,5,13-14,18H,2,4,6-11H2,1H3. The minimum absolute atomic E-state index is 0.318. The van der Waals surface area contributed by atoms with Crippen LogP contribution in [0, 0.1) is 0 Å². The Bertz CT molecular complexity index is 363. The maximum absolute atomic E-state index is 9.94. The van der Waals surface area contributed by atoms with Gasteiger partial charge in [-0.3, -0.25) is 9.58 Å². The van der Waals surface area contributed by atoms with Gasteiger partial charge in [0.25, 0.3) is 0 Å². The first kappa shape index (κ1) is 14.5. The Kier molecular flexibility index (Phi) is 5.78. The Morgan fingerprint density at radius 1 is 1.47 bits per heavy atom. The van der Waals surface area contributed by atoms with Gasteiger partial charge in [0.15, 0.2) is 0 Å². The number of hydrogen-bond donors (Lipinski definition) is 2. The van der Waals surface area contributed by atoms with E-state index in [1.165, 1.54) is 0 Å². The minimum atomic E-state index is -0.318. The quantitative estimate of drug-likeness (QED) is 0.637. The summed E-state index contributed by atoms with van der Waals surface area (Å²) in [5.74, 6) is 0. The first-order valence-corrected chi connectivity index (χ1v) is 6.91. The SMILES string of the molecule is Cn1ccc(CCNCC(O)CN2CCOCC2)n1. The number of rotatable bonds is 7. The molecule has 0 aliphatic carbocycles. The lowest BCUT2D eigenvalue weighted by Crippen LogP contribution is -2.43. The molecule has 2 rings (SSSR count). The molecule has 1 fully saturated rings. The molecular weight excluding hydrogens is 244 g/mol. The number of nitrogens with one attached hydrogen (secondary N) is 1. The summed E-state index contributed by atoms with van der Waals surface area (Å²) in [5, 5.41) is 17.5. The Hall–Kier alpha value is -0.950. The molecule has 6 heteroatoms. The summed E-state index contributed by atoms with van der Waals surface area (Å²) >= 11 is 0. The lowest BCUT2D eigenvalue weighted by molar-refractivity contribution is 0.0150. The van der Waals surface area contributed by atoms with Crippen LogP contribution in [-0.2, 0) is 18.2 Å². The smallest absolute Gasteiger partial charge is 0.0791 e. The third-order valence-electron chi connectivity index (χ3n) is 3.28. The normalized spacial score (nSPS) is 18.6. The second kappa shape index (κ2) is 7.59. The summed E-state index contributed by atoms with van der Waals surface area (Å²) in [6, 6.07) is 2.02. The fourth-order valence-corrected chi connectivity index (χ4v) is 2.23. The zero-order valence-electron chi connectivity index (χ0n) is 11.6. The van der Waals surface area contributed by atoms with Gasteiger partial charge in [0.2, 0.25) is 0 Å². The van der Waals surface area contributed by atoms with Crippen molar-refractivity contribution in [2.75, 3.05) is 45.9 Å². The second-order valence-electron chi connectivity index (χ2n) is 5.00. The molecule has 1 saturated heterocycles. The molecule has 0 aromatic carbocycles. The summed E-state index contributed by atoms with van der Waals surface area (Å²) in [6.07, 6.45) is 2.52. The van der Waals surface area contributed by atoms with E-state index in [9.17, 15) is 5.11 Å². The van der Waals surface area contributed by atoms with E-state index < -0.39 is 0 Å². The number of β-amino-alcohol motifs (C(OH)–C–C–N with tert-alkyl or cyclic N) is 1. The molecule has 0 saturated carbocycles. The fraction of sp³-hybridized carbons (Fsp3) is 0.769.